The highest BCUT2D eigenvalue weighted by molar-refractivity contribution is 7.97. The molecule has 4 heteroatoms. The van der Waals surface area contributed by atoms with Crippen molar-refractivity contribution in [1.29, 1.82) is 0 Å². The summed E-state index contributed by atoms with van der Waals surface area (Å²) in [7, 11) is -2.04. The predicted octanol–water partition coefficient (Wildman–Crippen LogP) is 0.325. The Morgan fingerprint density at radius 3 is 1.80 bits per heavy atom. The molecule has 126 valence electrons. The number of nitrogens with one attached hydrogen (secondary N) is 1. The highest BCUT2D eigenvalue weighted by Crippen LogP contribution is 2.62. The average molecular weight is 368 g/mol. The summed E-state index contributed by atoms with van der Waals surface area (Å²) in [6, 6.07) is 29.3. The Labute approximate surface area is 155 Å². The van der Waals surface area contributed by atoms with Crippen molar-refractivity contribution in [3.05, 3.63) is 84.9 Å². The van der Waals surface area contributed by atoms with Crippen molar-refractivity contribution in [2.45, 2.75) is 12.6 Å². The predicted molar refractivity (Wildman–Crippen MR) is 103 cm³/mol. The van der Waals surface area contributed by atoms with Gasteiger partial charge in [-0.05, 0) is 43.3 Å². The van der Waals surface area contributed by atoms with Gasteiger partial charge in [-0.15, -0.1) is 0 Å². The van der Waals surface area contributed by atoms with Gasteiger partial charge in [0.2, 0.25) is 0 Å². The molecule has 0 saturated carbocycles. The lowest BCUT2D eigenvalue weighted by Crippen LogP contribution is -3.00. The van der Waals surface area contributed by atoms with Gasteiger partial charge in [0.15, 0.2) is 5.66 Å². The van der Waals surface area contributed by atoms with Crippen LogP contribution in [0, 0.1) is 0 Å². The standard InChI is InChI=1S/C21H18NOP.ClH/c1-16-21(23)22-19-14-8-9-15-20(19)24(16,17-10-4-2-5-11-17)18-12-6-3-7-13-18;/h2-16H,1H3;1H. The van der Waals surface area contributed by atoms with Crippen molar-refractivity contribution in [2.24, 2.45) is 0 Å². The molecule has 1 amide bonds. The first-order valence-electron chi connectivity index (χ1n) is 8.15. The van der Waals surface area contributed by atoms with E-state index in [0.717, 1.165) is 5.69 Å². The van der Waals surface area contributed by atoms with Crippen molar-refractivity contribution >= 4 is 34.8 Å². The van der Waals surface area contributed by atoms with E-state index in [-0.39, 0.29) is 24.0 Å². The van der Waals surface area contributed by atoms with Crippen LogP contribution in [0.1, 0.15) is 6.92 Å². The summed E-state index contributed by atoms with van der Waals surface area (Å²) >= 11 is 0. The van der Waals surface area contributed by atoms with Crippen LogP contribution in [0.5, 0.6) is 0 Å². The van der Waals surface area contributed by atoms with Gasteiger partial charge in [0, 0.05) is 0 Å². The number of carbonyl (C=O) groups excluding carboxylic acids is 1. The number of carbonyl (C=O) groups is 1. The van der Waals surface area contributed by atoms with Crippen LogP contribution in [0.25, 0.3) is 0 Å². The van der Waals surface area contributed by atoms with Crippen molar-refractivity contribution < 1.29 is 17.2 Å². The average Bonchev–Trinajstić information content (AvgIpc) is 2.65. The molecule has 1 aliphatic heterocycles. The molecule has 25 heavy (non-hydrogen) atoms. The highest BCUT2D eigenvalue weighted by Gasteiger charge is 2.57. The molecule has 0 bridgehead atoms. The molecule has 4 rings (SSSR count). The second-order valence-electron chi connectivity index (χ2n) is 6.08. The first-order valence-corrected chi connectivity index (χ1v) is 10.0. The van der Waals surface area contributed by atoms with E-state index in [1.54, 1.807) is 0 Å². The van der Waals surface area contributed by atoms with E-state index in [9.17, 15) is 4.79 Å². The molecule has 1 N–H and O–H groups in total. The monoisotopic (exact) mass is 367 g/mol. The minimum Gasteiger partial charge on any atom is -1.00 e. The Balaban J connectivity index is 0.00000182. The van der Waals surface area contributed by atoms with Gasteiger partial charge in [-0.3, -0.25) is 4.79 Å². The molecule has 1 heterocycles. The molecule has 3 aromatic rings. The smallest absolute Gasteiger partial charge is 0.266 e. The summed E-state index contributed by atoms with van der Waals surface area (Å²) in [6.45, 7) is 2.07. The molecule has 0 radical (unpaired) electrons. The zero-order valence-electron chi connectivity index (χ0n) is 13.9. The van der Waals surface area contributed by atoms with Crippen molar-refractivity contribution in [2.75, 3.05) is 5.32 Å². The third-order valence-electron chi connectivity index (χ3n) is 4.83. The van der Waals surface area contributed by atoms with Crippen LogP contribution >= 0.6 is 7.26 Å². The Morgan fingerprint density at radius 1 is 0.760 bits per heavy atom. The fourth-order valence-electron chi connectivity index (χ4n) is 3.71. The third kappa shape index (κ3) is 2.66. The van der Waals surface area contributed by atoms with Crippen LogP contribution in [0.15, 0.2) is 84.9 Å². The van der Waals surface area contributed by atoms with Crippen LogP contribution < -0.4 is 33.6 Å². The zero-order chi connectivity index (χ0) is 16.6. The number of fused-ring (bicyclic) bond motifs is 1. The molecule has 2 nitrogen and oxygen atoms in total. The number of anilines is 1. The molecule has 1 atom stereocenters. The van der Waals surface area contributed by atoms with E-state index in [4.69, 9.17) is 0 Å². The van der Waals surface area contributed by atoms with Crippen LogP contribution in [0.2, 0.25) is 0 Å². The lowest BCUT2D eigenvalue weighted by molar-refractivity contribution is -0.115. The molecule has 1 aliphatic rings. The van der Waals surface area contributed by atoms with E-state index < -0.39 is 7.26 Å². The topological polar surface area (TPSA) is 29.1 Å². The van der Waals surface area contributed by atoms with Gasteiger partial charge in [0.05, 0.1) is 5.69 Å². The number of para-hydroxylation sites is 1. The summed E-state index contributed by atoms with van der Waals surface area (Å²) in [5, 5.41) is 6.86. The van der Waals surface area contributed by atoms with E-state index in [2.05, 4.69) is 72.9 Å². The molecular weight excluding hydrogens is 349 g/mol. The lowest BCUT2D eigenvalue weighted by atomic mass is 10.3. The molecule has 0 aromatic heterocycles. The SMILES string of the molecule is CC1C(=O)Nc2ccccc2[P+]1(c1ccccc1)c1ccccc1.[Cl-]. The van der Waals surface area contributed by atoms with Gasteiger partial charge in [-0.2, -0.15) is 0 Å². The van der Waals surface area contributed by atoms with Crippen molar-refractivity contribution in [3.8, 4) is 0 Å². The fourth-order valence-corrected chi connectivity index (χ4v) is 8.41. The second-order valence-corrected chi connectivity index (χ2v) is 9.81. The Hall–Kier alpha value is -2.15. The maximum Gasteiger partial charge on any atom is 0.266 e. The second kappa shape index (κ2) is 7.00. The maximum absolute atomic E-state index is 12.8. The van der Waals surface area contributed by atoms with E-state index in [0.29, 0.717) is 0 Å². The largest absolute Gasteiger partial charge is 1.00 e. The Kier molecular flexibility index (Phi) is 4.94. The van der Waals surface area contributed by atoms with Crippen molar-refractivity contribution in [1.82, 2.24) is 0 Å². The summed E-state index contributed by atoms with van der Waals surface area (Å²) in [6.07, 6.45) is 0. The lowest BCUT2D eigenvalue weighted by Gasteiger charge is -2.36. The van der Waals surface area contributed by atoms with Gasteiger partial charge in [-0.25, -0.2) is 0 Å². The molecule has 0 fully saturated rings. The van der Waals surface area contributed by atoms with Gasteiger partial charge in [-0.1, -0.05) is 48.5 Å². The van der Waals surface area contributed by atoms with E-state index >= 15 is 0 Å². The van der Waals surface area contributed by atoms with Gasteiger partial charge < -0.3 is 17.7 Å². The number of hydrogen-bond donors (Lipinski definition) is 1. The highest BCUT2D eigenvalue weighted by atomic mass is 35.5. The number of benzene rings is 3. The first-order chi connectivity index (χ1) is 11.7. The normalized spacial score (nSPS) is 17.8. The minimum absolute atomic E-state index is 0. The summed E-state index contributed by atoms with van der Waals surface area (Å²) in [4.78, 5) is 12.8. The maximum atomic E-state index is 12.8. The van der Waals surface area contributed by atoms with Crippen LogP contribution in [0.3, 0.4) is 0 Å². The number of rotatable bonds is 2. The van der Waals surface area contributed by atoms with Gasteiger partial charge >= 0.3 is 0 Å². The molecular formula is C21H19ClNOP. The van der Waals surface area contributed by atoms with Crippen LogP contribution in [-0.2, 0) is 4.79 Å². The molecule has 0 spiro atoms. The summed E-state index contributed by atoms with van der Waals surface area (Å²) in [5.41, 5.74) is 0.846. The fraction of sp³-hybridized carbons (Fsp3) is 0.0952. The Bertz CT molecular complexity index is 843. The van der Waals surface area contributed by atoms with Gasteiger partial charge in [0.25, 0.3) is 5.91 Å². The quantitative estimate of drug-likeness (QED) is 0.650. The number of hydrogen-bond acceptors (Lipinski definition) is 1. The molecule has 1 unspecified atom stereocenters. The Morgan fingerprint density at radius 2 is 1.24 bits per heavy atom. The molecule has 0 saturated heterocycles. The molecule has 3 aromatic carbocycles. The van der Waals surface area contributed by atoms with Crippen LogP contribution in [-0.4, -0.2) is 11.6 Å². The summed E-state index contributed by atoms with van der Waals surface area (Å²) in [5.74, 6) is 0.106. The summed E-state index contributed by atoms with van der Waals surface area (Å²) < 4.78 is 0. The van der Waals surface area contributed by atoms with Crippen LogP contribution in [0.4, 0.5) is 5.69 Å². The molecule has 0 aliphatic carbocycles. The third-order valence-corrected chi connectivity index (χ3v) is 9.60. The van der Waals surface area contributed by atoms with E-state index in [1.807, 2.05) is 24.3 Å². The van der Waals surface area contributed by atoms with Gasteiger partial charge in [0.1, 0.15) is 23.2 Å². The first kappa shape index (κ1) is 17.7. The van der Waals surface area contributed by atoms with E-state index in [1.165, 1.54) is 15.9 Å². The van der Waals surface area contributed by atoms with Crippen molar-refractivity contribution in [3.63, 3.8) is 0 Å². The zero-order valence-corrected chi connectivity index (χ0v) is 15.5. The number of halogens is 1. The number of amides is 1. The minimum atomic E-state index is -2.04.